The van der Waals surface area contributed by atoms with Crippen LogP contribution >= 0.6 is 11.8 Å². The molecule has 2 rings (SSSR count). The maximum absolute atomic E-state index is 9.81. The molecule has 0 atom stereocenters. The highest BCUT2D eigenvalue weighted by molar-refractivity contribution is 8.13. The van der Waals surface area contributed by atoms with Crippen molar-refractivity contribution in [3.63, 3.8) is 0 Å². The highest BCUT2D eigenvalue weighted by Gasteiger charge is 2.03. The Morgan fingerprint density at radius 2 is 2.00 bits per heavy atom. The molecular formula is C16H14N4OS. The van der Waals surface area contributed by atoms with E-state index in [2.05, 4.69) is 10.2 Å². The summed E-state index contributed by atoms with van der Waals surface area (Å²) in [5.74, 6) is 0.598. The zero-order valence-electron chi connectivity index (χ0n) is 11.7. The standard InChI is InChI=1S/C16H14N4OS/c17-9-13-7-4-8-14(15(13)21)10-19-20-16(18)22-11-12-5-2-1-3-6-12/h1-8,10,21H,11H2,(H2,18,20). The summed E-state index contributed by atoms with van der Waals surface area (Å²) in [6, 6.07) is 16.6. The van der Waals surface area contributed by atoms with Gasteiger partial charge in [-0.15, -0.1) is 5.10 Å². The lowest BCUT2D eigenvalue weighted by molar-refractivity contribution is 0.472. The molecule has 0 aliphatic rings. The summed E-state index contributed by atoms with van der Waals surface area (Å²) < 4.78 is 0. The van der Waals surface area contributed by atoms with Crippen molar-refractivity contribution >= 4 is 23.1 Å². The van der Waals surface area contributed by atoms with E-state index in [0.29, 0.717) is 16.5 Å². The number of rotatable bonds is 4. The number of aromatic hydroxyl groups is 1. The molecule has 0 heterocycles. The van der Waals surface area contributed by atoms with Crippen LogP contribution in [0.1, 0.15) is 16.7 Å². The van der Waals surface area contributed by atoms with Gasteiger partial charge in [0.1, 0.15) is 11.8 Å². The van der Waals surface area contributed by atoms with Crippen molar-refractivity contribution in [1.82, 2.24) is 0 Å². The van der Waals surface area contributed by atoms with Crippen LogP contribution < -0.4 is 5.73 Å². The van der Waals surface area contributed by atoms with Crippen LogP contribution in [0.15, 0.2) is 58.7 Å². The number of nitriles is 1. The fourth-order valence-electron chi connectivity index (χ4n) is 1.66. The molecule has 6 heteroatoms. The third-order valence-corrected chi connectivity index (χ3v) is 3.63. The first-order valence-electron chi connectivity index (χ1n) is 6.46. The van der Waals surface area contributed by atoms with Gasteiger partial charge in [0.15, 0.2) is 5.17 Å². The molecule has 0 saturated heterocycles. The summed E-state index contributed by atoms with van der Waals surface area (Å²) in [6.07, 6.45) is 1.37. The van der Waals surface area contributed by atoms with Gasteiger partial charge in [-0.25, -0.2) is 0 Å². The topological polar surface area (TPSA) is 94.8 Å². The Morgan fingerprint density at radius 3 is 2.73 bits per heavy atom. The van der Waals surface area contributed by atoms with Crippen LogP contribution in [-0.2, 0) is 5.75 Å². The van der Waals surface area contributed by atoms with Gasteiger partial charge in [-0.1, -0.05) is 48.2 Å². The van der Waals surface area contributed by atoms with E-state index in [1.165, 1.54) is 24.0 Å². The minimum atomic E-state index is -0.112. The Bertz CT molecular complexity index is 736. The van der Waals surface area contributed by atoms with Gasteiger partial charge < -0.3 is 10.8 Å². The van der Waals surface area contributed by atoms with Crippen LogP contribution in [0.25, 0.3) is 0 Å². The Morgan fingerprint density at radius 1 is 1.23 bits per heavy atom. The largest absolute Gasteiger partial charge is 0.506 e. The second kappa shape index (κ2) is 7.86. The zero-order chi connectivity index (χ0) is 15.8. The molecule has 2 aromatic carbocycles. The number of hydrogen-bond donors (Lipinski definition) is 2. The average molecular weight is 310 g/mol. The molecule has 0 aromatic heterocycles. The second-order valence-electron chi connectivity index (χ2n) is 4.31. The summed E-state index contributed by atoms with van der Waals surface area (Å²) in [7, 11) is 0. The Hall–Kier alpha value is -2.78. The van der Waals surface area contributed by atoms with Gasteiger partial charge in [-0.05, 0) is 17.7 Å². The molecule has 0 bridgehead atoms. The second-order valence-corrected chi connectivity index (χ2v) is 5.31. The fraction of sp³-hybridized carbons (Fsp3) is 0.0625. The highest BCUT2D eigenvalue weighted by Crippen LogP contribution is 2.19. The molecule has 110 valence electrons. The molecule has 0 amide bonds. The predicted octanol–water partition coefficient (Wildman–Crippen LogP) is 2.85. The SMILES string of the molecule is N#Cc1cccc(C=NN=C(N)SCc2ccccc2)c1O. The van der Waals surface area contributed by atoms with Crippen molar-refractivity contribution in [2.45, 2.75) is 5.75 Å². The molecule has 3 N–H and O–H groups in total. The molecule has 0 saturated carbocycles. The van der Waals surface area contributed by atoms with Gasteiger partial charge in [0.05, 0.1) is 11.8 Å². The number of nitrogens with two attached hydrogens (primary N) is 1. The number of amidine groups is 1. The van der Waals surface area contributed by atoms with Crippen molar-refractivity contribution < 1.29 is 5.11 Å². The number of thioether (sulfide) groups is 1. The minimum Gasteiger partial charge on any atom is -0.506 e. The van der Waals surface area contributed by atoms with Crippen molar-refractivity contribution in [2.24, 2.45) is 15.9 Å². The highest BCUT2D eigenvalue weighted by atomic mass is 32.2. The van der Waals surface area contributed by atoms with Crippen molar-refractivity contribution in [3.05, 3.63) is 65.2 Å². The van der Waals surface area contributed by atoms with Crippen LogP contribution in [-0.4, -0.2) is 16.5 Å². The third-order valence-electron chi connectivity index (χ3n) is 2.77. The van der Waals surface area contributed by atoms with E-state index >= 15 is 0 Å². The van der Waals surface area contributed by atoms with Gasteiger partial charge in [-0.3, -0.25) is 0 Å². The molecule has 0 unspecified atom stereocenters. The summed E-state index contributed by atoms with van der Waals surface area (Å²) in [6.45, 7) is 0. The van der Waals surface area contributed by atoms with E-state index in [-0.39, 0.29) is 11.3 Å². The molecule has 2 aromatic rings. The first-order valence-corrected chi connectivity index (χ1v) is 7.44. The monoisotopic (exact) mass is 310 g/mol. The Kier molecular flexibility index (Phi) is 5.57. The van der Waals surface area contributed by atoms with Gasteiger partial charge in [0.2, 0.25) is 0 Å². The number of para-hydroxylation sites is 1. The molecule has 0 aliphatic carbocycles. The number of phenolic OH excluding ortho intramolecular Hbond substituents is 1. The van der Waals surface area contributed by atoms with Crippen molar-refractivity contribution in [3.8, 4) is 11.8 Å². The number of benzene rings is 2. The van der Waals surface area contributed by atoms with E-state index in [1.807, 2.05) is 36.4 Å². The summed E-state index contributed by atoms with van der Waals surface area (Å²) >= 11 is 1.38. The zero-order valence-corrected chi connectivity index (χ0v) is 12.5. The van der Waals surface area contributed by atoms with E-state index in [1.54, 1.807) is 12.1 Å². The number of nitrogens with zero attached hydrogens (tertiary/aromatic N) is 3. The lowest BCUT2D eigenvalue weighted by Crippen LogP contribution is -2.06. The molecule has 22 heavy (non-hydrogen) atoms. The quantitative estimate of drug-likeness (QED) is 0.515. The lowest BCUT2D eigenvalue weighted by atomic mass is 10.1. The Labute approximate surface area is 132 Å². The van der Waals surface area contributed by atoms with Crippen LogP contribution in [0.5, 0.6) is 5.75 Å². The smallest absolute Gasteiger partial charge is 0.180 e. The average Bonchev–Trinajstić information content (AvgIpc) is 2.55. The van der Waals surface area contributed by atoms with Gasteiger partial charge in [0.25, 0.3) is 0 Å². The maximum Gasteiger partial charge on any atom is 0.180 e. The van der Waals surface area contributed by atoms with Crippen LogP contribution in [0.2, 0.25) is 0 Å². The lowest BCUT2D eigenvalue weighted by Gasteiger charge is -2.00. The number of phenols is 1. The molecule has 0 aliphatic heterocycles. The van der Waals surface area contributed by atoms with E-state index < -0.39 is 0 Å². The van der Waals surface area contributed by atoms with E-state index in [9.17, 15) is 5.11 Å². The third kappa shape index (κ3) is 4.36. The normalized spacial score (nSPS) is 11.5. The van der Waals surface area contributed by atoms with Crippen molar-refractivity contribution in [2.75, 3.05) is 0 Å². The van der Waals surface area contributed by atoms with Gasteiger partial charge in [-0.2, -0.15) is 10.4 Å². The maximum atomic E-state index is 9.81. The first kappa shape index (κ1) is 15.6. The van der Waals surface area contributed by atoms with E-state index in [4.69, 9.17) is 11.0 Å². The van der Waals surface area contributed by atoms with Crippen LogP contribution in [0.3, 0.4) is 0 Å². The van der Waals surface area contributed by atoms with Crippen LogP contribution in [0, 0.1) is 11.3 Å². The molecule has 0 radical (unpaired) electrons. The molecular weight excluding hydrogens is 296 g/mol. The molecule has 0 spiro atoms. The van der Waals surface area contributed by atoms with E-state index in [0.717, 1.165) is 5.56 Å². The van der Waals surface area contributed by atoms with Gasteiger partial charge >= 0.3 is 0 Å². The Balaban J connectivity index is 1.97. The van der Waals surface area contributed by atoms with Gasteiger partial charge in [0, 0.05) is 11.3 Å². The number of hydrogen-bond acceptors (Lipinski definition) is 5. The fourth-order valence-corrected chi connectivity index (χ4v) is 2.28. The summed E-state index contributed by atoms with van der Waals surface area (Å²) in [5.41, 5.74) is 7.53. The first-order chi connectivity index (χ1) is 10.7. The van der Waals surface area contributed by atoms with Crippen LogP contribution in [0.4, 0.5) is 0 Å². The van der Waals surface area contributed by atoms with Crippen molar-refractivity contribution in [1.29, 1.82) is 5.26 Å². The minimum absolute atomic E-state index is 0.112. The molecule has 5 nitrogen and oxygen atoms in total. The molecule has 0 fully saturated rings. The predicted molar refractivity (Wildman–Crippen MR) is 89.8 cm³/mol. The summed E-state index contributed by atoms with van der Waals surface area (Å²) in [5, 5.41) is 26.7. The summed E-state index contributed by atoms with van der Waals surface area (Å²) in [4.78, 5) is 0.